The van der Waals surface area contributed by atoms with Gasteiger partial charge in [0.15, 0.2) is 0 Å². The van der Waals surface area contributed by atoms with Crippen LogP contribution in [-0.2, 0) is 0 Å². The molecule has 0 saturated heterocycles. The molecule has 1 aromatic rings. The number of anilines is 1. The average molecular weight is 127 g/mol. The van der Waals surface area contributed by atoms with E-state index in [2.05, 4.69) is 15.5 Å². The van der Waals surface area contributed by atoms with Crippen LogP contribution in [-0.4, -0.2) is 28.5 Å². The molecule has 9 heavy (non-hydrogen) atoms. The summed E-state index contributed by atoms with van der Waals surface area (Å²) in [5.74, 6) is 0.768. The Morgan fingerprint density at radius 2 is 2.67 bits per heavy atom. The molecule has 0 aliphatic carbocycles. The van der Waals surface area contributed by atoms with E-state index in [0.29, 0.717) is 6.54 Å². The number of nitrogens with one attached hydrogen (secondary N) is 2. The first-order valence-corrected chi connectivity index (χ1v) is 2.78. The summed E-state index contributed by atoms with van der Waals surface area (Å²) in [6, 6.07) is 1.80. The highest BCUT2D eigenvalue weighted by Gasteiger charge is 1.88. The third kappa shape index (κ3) is 1.73. The minimum absolute atomic E-state index is 0.132. The lowest BCUT2D eigenvalue weighted by Gasteiger charge is -1.95. The van der Waals surface area contributed by atoms with Crippen molar-refractivity contribution in [3.8, 4) is 0 Å². The lowest BCUT2D eigenvalue weighted by molar-refractivity contribution is 0.311. The number of rotatable bonds is 3. The van der Waals surface area contributed by atoms with Crippen molar-refractivity contribution in [2.24, 2.45) is 0 Å². The molecule has 4 nitrogen and oxygen atoms in total. The number of hydrogen-bond donors (Lipinski definition) is 3. The van der Waals surface area contributed by atoms with Crippen molar-refractivity contribution in [2.75, 3.05) is 18.5 Å². The lowest BCUT2D eigenvalue weighted by Crippen LogP contribution is -2.05. The Hall–Kier alpha value is -1.03. The molecule has 0 aliphatic heterocycles. The molecule has 1 rings (SSSR count). The van der Waals surface area contributed by atoms with Gasteiger partial charge in [-0.1, -0.05) is 0 Å². The summed E-state index contributed by atoms with van der Waals surface area (Å²) in [6.07, 6.45) is 1.72. The molecule has 0 fully saturated rings. The van der Waals surface area contributed by atoms with Crippen LogP contribution in [0.4, 0.5) is 5.82 Å². The van der Waals surface area contributed by atoms with E-state index in [4.69, 9.17) is 5.11 Å². The zero-order valence-corrected chi connectivity index (χ0v) is 4.96. The van der Waals surface area contributed by atoms with E-state index in [1.54, 1.807) is 12.3 Å². The van der Waals surface area contributed by atoms with Gasteiger partial charge in [0.25, 0.3) is 0 Å². The summed E-state index contributed by atoms with van der Waals surface area (Å²) in [7, 11) is 0. The molecule has 0 amide bonds. The third-order valence-corrected chi connectivity index (χ3v) is 0.919. The predicted octanol–water partition coefficient (Wildman–Crippen LogP) is -0.186. The molecule has 50 valence electrons. The summed E-state index contributed by atoms with van der Waals surface area (Å²) in [6.45, 7) is 0.678. The Bertz CT molecular complexity index is 149. The molecule has 4 heteroatoms. The largest absolute Gasteiger partial charge is 0.395 e. The first-order valence-electron chi connectivity index (χ1n) is 2.78. The van der Waals surface area contributed by atoms with Crippen LogP contribution in [0.1, 0.15) is 0 Å². The quantitative estimate of drug-likeness (QED) is 0.527. The highest BCUT2D eigenvalue weighted by Crippen LogP contribution is 1.95. The Morgan fingerprint density at radius 1 is 1.78 bits per heavy atom. The SMILES string of the molecule is OCCNc1cc[nH]n1. The van der Waals surface area contributed by atoms with Gasteiger partial charge < -0.3 is 10.4 Å². The maximum absolute atomic E-state index is 8.36. The second-order valence-corrected chi connectivity index (χ2v) is 1.61. The van der Waals surface area contributed by atoms with Crippen molar-refractivity contribution in [3.63, 3.8) is 0 Å². The number of aromatic amines is 1. The number of aromatic nitrogens is 2. The van der Waals surface area contributed by atoms with Gasteiger partial charge in [-0.2, -0.15) is 5.10 Å². The van der Waals surface area contributed by atoms with E-state index in [-0.39, 0.29) is 6.61 Å². The first-order chi connectivity index (χ1) is 4.43. The molecular weight excluding hydrogens is 118 g/mol. The van der Waals surface area contributed by atoms with Crippen molar-refractivity contribution >= 4 is 5.82 Å². The number of aliphatic hydroxyl groups is 1. The Labute approximate surface area is 52.9 Å². The predicted molar refractivity (Wildman–Crippen MR) is 34.2 cm³/mol. The first kappa shape index (κ1) is 6.10. The number of hydrogen-bond acceptors (Lipinski definition) is 3. The fraction of sp³-hybridized carbons (Fsp3) is 0.400. The molecular formula is C5H9N3O. The molecule has 0 spiro atoms. The van der Waals surface area contributed by atoms with Crippen LogP contribution in [0.15, 0.2) is 12.3 Å². The van der Waals surface area contributed by atoms with Crippen LogP contribution in [0, 0.1) is 0 Å². The molecule has 3 N–H and O–H groups in total. The Morgan fingerprint density at radius 3 is 3.22 bits per heavy atom. The molecule has 1 heterocycles. The number of nitrogens with zero attached hydrogens (tertiary/aromatic N) is 1. The fourth-order valence-corrected chi connectivity index (χ4v) is 0.543. The lowest BCUT2D eigenvalue weighted by atomic mass is 10.6. The van der Waals surface area contributed by atoms with Crippen LogP contribution in [0.5, 0.6) is 0 Å². The summed E-state index contributed by atoms with van der Waals surface area (Å²) in [5, 5.41) is 17.7. The smallest absolute Gasteiger partial charge is 0.147 e. The van der Waals surface area contributed by atoms with E-state index in [0.717, 1.165) is 5.82 Å². The van der Waals surface area contributed by atoms with Gasteiger partial charge >= 0.3 is 0 Å². The zero-order chi connectivity index (χ0) is 6.53. The van der Waals surface area contributed by atoms with Crippen LogP contribution < -0.4 is 5.32 Å². The van der Waals surface area contributed by atoms with Gasteiger partial charge in [-0.05, 0) is 6.07 Å². The van der Waals surface area contributed by atoms with Crippen molar-refractivity contribution in [1.29, 1.82) is 0 Å². The van der Waals surface area contributed by atoms with E-state index < -0.39 is 0 Å². The maximum Gasteiger partial charge on any atom is 0.147 e. The molecule has 0 unspecified atom stereocenters. The third-order valence-electron chi connectivity index (χ3n) is 0.919. The van der Waals surface area contributed by atoms with Gasteiger partial charge in [-0.15, -0.1) is 0 Å². The average Bonchev–Trinajstić information content (AvgIpc) is 2.34. The molecule has 0 bridgehead atoms. The van der Waals surface area contributed by atoms with Gasteiger partial charge in [0.05, 0.1) is 6.61 Å². The monoisotopic (exact) mass is 127 g/mol. The summed E-state index contributed by atoms with van der Waals surface area (Å²) in [4.78, 5) is 0. The molecule has 0 radical (unpaired) electrons. The fourth-order valence-electron chi connectivity index (χ4n) is 0.543. The van der Waals surface area contributed by atoms with Gasteiger partial charge in [0, 0.05) is 12.7 Å². The van der Waals surface area contributed by atoms with Gasteiger partial charge in [-0.3, -0.25) is 5.10 Å². The number of aliphatic hydroxyl groups excluding tert-OH is 1. The molecule has 0 atom stereocenters. The van der Waals surface area contributed by atoms with Crippen LogP contribution in [0.3, 0.4) is 0 Å². The zero-order valence-electron chi connectivity index (χ0n) is 4.96. The Balaban J connectivity index is 2.30. The normalized spacial score (nSPS) is 9.44. The van der Waals surface area contributed by atoms with Crippen molar-refractivity contribution in [2.45, 2.75) is 0 Å². The highest BCUT2D eigenvalue weighted by atomic mass is 16.3. The van der Waals surface area contributed by atoms with Crippen LogP contribution >= 0.6 is 0 Å². The molecule has 1 aromatic heterocycles. The molecule has 0 aromatic carbocycles. The highest BCUT2D eigenvalue weighted by molar-refractivity contribution is 5.31. The molecule has 0 saturated carbocycles. The summed E-state index contributed by atoms with van der Waals surface area (Å²) < 4.78 is 0. The van der Waals surface area contributed by atoms with Crippen molar-refractivity contribution < 1.29 is 5.11 Å². The molecule has 0 aliphatic rings. The van der Waals surface area contributed by atoms with Crippen LogP contribution in [0.2, 0.25) is 0 Å². The van der Waals surface area contributed by atoms with Gasteiger partial charge in [0.2, 0.25) is 0 Å². The minimum Gasteiger partial charge on any atom is -0.395 e. The van der Waals surface area contributed by atoms with Crippen LogP contribution in [0.25, 0.3) is 0 Å². The van der Waals surface area contributed by atoms with E-state index >= 15 is 0 Å². The summed E-state index contributed by atoms with van der Waals surface area (Å²) in [5.41, 5.74) is 0. The Kier molecular flexibility index (Phi) is 2.09. The van der Waals surface area contributed by atoms with Gasteiger partial charge in [0.1, 0.15) is 5.82 Å². The van der Waals surface area contributed by atoms with E-state index in [9.17, 15) is 0 Å². The maximum atomic E-state index is 8.36. The second kappa shape index (κ2) is 3.09. The second-order valence-electron chi connectivity index (χ2n) is 1.61. The van der Waals surface area contributed by atoms with E-state index in [1.165, 1.54) is 0 Å². The minimum atomic E-state index is 0.132. The van der Waals surface area contributed by atoms with E-state index in [1.807, 2.05) is 0 Å². The van der Waals surface area contributed by atoms with Gasteiger partial charge in [-0.25, -0.2) is 0 Å². The van der Waals surface area contributed by atoms with Crippen molar-refractivity contribution in [1.82, 2.24) is 10.2 Å². The topological polar surface area (TPSA) is 60.9 Å². The standard InChI is InChI=1S/C5H9N3O/c9-4-3-6-5-1-2-7-8-5/h1-2,9H,3-4H2,(H2,6,7,8). The van der Waals surface area contributed by atoms with Crippen molar-refractivity contribution in [3.05, 3.63) is 12.3 Å². The summed E-state index contributed by atoms with van der Waals surface area (Å²) >= 11 is 0. The number of H-pyrrole nitrogens is 1.